The van der Waals surface area contributed by atoms with Crippen LogP contribution in [-0.2, 0) is 0 Å². The molecule has 1 aliphatic heterocycles. The molecule has 2 unspecified atom stereocenters. The quantitative estimate of drug-likeness (QED) is 0.563. The zero-order valence-electron chi connectivity index (χ0n) is 7.04. The third-order valence-electron chi connectivity index (χ3n) is 2.29. The summed E-state index contributed by atoms with van der Waals surface area (Å²) >= 11 is 0. The first kappa shape index (κ1) is 7.70. The van der Waals surface area contributed by atoms with Crippen molar-refractivity contribution in [3.63, 3.8) is 0 Å². The Morgan fingerprint density at radius 1 is 1.50 bits per heavy atom. The Bertz CT molecular complexity index is 129. The molecule has 1 rings (SSSR count). The van der Waals surface area contributed by atoms with E-state index in [2.05, 4.69) is 31.0 Å². The monoisotopic (exact) mass is 140 g/mol. The number of nitrogens with zero attached hydrogens (tertiary/aromatic N) is 2. The van der Waals surface area contributed by atoms with Crippen molar-refractivity contribution < 1.29 is 0 Å². The second-order valence-electron chi connectivity index (χ2n) is 3.32. The van der Waals surface area contributed by atoms with Crippen LogP contribution in [0.3, 0.4) is 0 Å². The van der Waals surface area contributed by atoms with Gasteiger partial charge in [-0.3, -0.25) is 0 Å². The highest BCUT2D eigenvalue weighted by molar-refractivity contribution is 4.82. The van der Waals surface area contributed by atoms with Crippen molar-refractivity contribution in [1.29, 1.82) is 0 Å². The molecule has 2 nitrogen and oxygen atoms in total. The lowest BCUT2D eigenvalue weighted by molar-refractivity contribution is 0.357. The van der Waals surface area contributed by atoms with Gasteiger partial charge in [-0.05, 0) is 12.3 Å². The van der Waals surface area contributed by atoms with Gasteiger partial charge in [-0.2, -0.15) is 10.2 Å². The Kier molecular flexibility index (Phi) is 2.41. The van der Waals surface area contributed by atoms with Gasteiger partial charge in [-0.15, -0.1) is 0 Å². The maximum Gasteiger partial charge on any atom is 0.0754 e. The van der Waals surface area contributed by atoms with Crippen LogP contribution in [0.5, 0.6) is 0 Å². The molecule has 0 bridgehead atoms. The summed E-state index contributed by atoms with van der Waals surface area (Å²) in [6.45, 7) is 7.65. The first-order valence-electron chi connectivity index (χ1n) is 4.12. The average molecular weight is 140 g/mol. The molecule has 0 saturated heterocycles. The maximum absolute atomic E-state index is 4.18. The first-order chi connectivity index (χ1) is 4.75. The van der Waals surface area contributed by atoms with Crippen LogP contribution in [0, 0.1) is 11.8 Å². The predicted molar refractivity (Wildman–Crippen MR) is 42.1 cm³/mol. The van der Waals surface area contributed by atoms with E-state index in [1.165, 1.54) is 0 Å². The van der Waals surface area contributed by atoms with Crippen LogP contribution in [0.25, 0.3) is 0 Å². The fraction of sp³-hybridized carbons (Fsp3) is 1.00. The van der Waals surface area contributed by atoms with Crippen LogP contribution in [0.2, 0.25) is 0 Å². The van der Waals surface area contributed by atoms with Crippen LogP contribution in [0.1, 0.15) is 27.2 Å². The molecule has 0 aromatic heterocycles. The molecule has 2 atom stereocenters. The molecular formula is C8H16N2. The van der Waals surface area contributed by atoms with Gasteiger partial charge in [0.1, 0.15) is 0 Å². The molecule has 2 heteroatoms. The van der Waals surface area contributed by atoms with Gasteiger partial charge in [0.05, 0.1) is 12.6 Å². The van der Waals surface area contributed by atoms with E-state index in [1.54, 1.807) is 0 Å². The minimum atomic E-state index is 0.514. The molecule has 0 spiro atoms. The topological polar surface area (TPSA) is 24.7 Å². The second kappa shape index (κ2) is 3.13. The van der Waals surface area contributed by atoms with Gasteiger partial charge in [-0.1, -0.05) is 20.8 Å². The number of azo groups is 1. The highest BCUT2D eigenvalue weighted by atomic mass is 15.2. The van der Waals surface area contributed by atoms with Crippen LogP contribution < -0.4 is 0 Å². The highest BCUT2D eigenvalue weighted by Gasteiger charge is 2.26. The molecular weight excluding hydrogens is 124 g/mol. The summed E-state index contributed by atoms with van der Waals surface area (Å²) in [5, 5.41) is 8.25. The molecule has 0 aliphatic carbocycles. The molecule has 1 aliphatic rings. The van der Waals surface area contributed by atoms with Crippen molar-refractivity contribution in [3.05, 3.63) is 0 Å². The van der Waals surface area contributed by atoms with Crippen molar-refractivity contribution in [2.24, 2.45) is 22.1 Å². The van der Waals surface area contributed by atoms with E-state index in [9.17, 15) is 0 Å². The average Bonchev–Trinajstić information content (AvgIpc) is 2.33. The largest absolute Gasteiger partial charge is 0.194 e. The normalized spacial score (nSPS) is 32.0. The fourth-order valence-electron chi connectivity index (χ4n) is 1.49. The summed E-state index contributed by atoms with van der Waals surface area (Å²) in [6, 6.07) is 0.514. The predicted octanol–water partition coefficient (Wildman–Crippen LogP) is 2.50. The van der Waals surface area contributed by atoms with Gasteiger partial charge in [0.25, 0.3) is 0 Å². The zero-order chi connectivity index (χ0) is 7.56. The Hall–Kier alpha value is -0.400. The van der Waals surface area contributed by atoms with Crippen LogP contribution in [0.4, 0.5) is 0 Å². The van der Waals surface area contributed by atoms with E-state index >= 15 is 0 Å². The molecule has 0 aromatic carbocycles. The Balaban J connectivity index is 2.47. The van der Waals surface area contributed by atoms with Crippen molar-refractivity contribution >= 4 is 0 Å². The summed E-state index contributed by atoms with van der Waals surface area (Å²) in [5.41, 5.74) is 0. The van der Waals surface area contributed by atoms with Gasteiger partial charge >= 0.3 is 0 Å². The highest BCUT2D eigenvalue weighted by Crippen LogP contribution is 2.25. The molecule has 1 heterocycles. The van der Waals surface area contributed by atoms with Gasteiger partial charge in [0, 0.05) is 5.92 Å². The van der Waals surface area contributed by atoms with Crippen molar-refractivity contribution in [2.45, 2.75) is 33.2 Å². The van der Waals surface area contributed by atoms with Gasteiger partial charge in [0.15, 0.2) is 0 Å². The van der Waals surface area contributed by atoms with Gasteiger partial charge < -0.3 is 0 Å². The fourth-order valence-corrected chi connectivity index (χ4v) is 1.49. The van der Waals surface area contributed by atoms with E-state index < -0.39 is 0 Å². The minimum Gasteiger partial charge on any atom is -0.194 e. The van der Waals surface area contributed by atoms with Gasteiger partial charge in [-0.25, -0.2) is 0 Å². The number of hydrogen-bond acceptors (Lipinski definition) is 2. The molecule has 0 radical (unpaired) electrons. The van der Waals surface area contributed by atoms with Crippen LogP contribution in [0.15, 0.2) is 10.2 Å². The SMILES string of the molecule is CCC1N=NCC1C(C)C. The Morgan fingerprint density at radius 2 is 2.20 bits per heavy atom. The lowest BCUT2D eigenvalue weighted by Crippen LogP contribution is -2.21. The van der Waals surface area contributed by atoms with Crippen LogP contribution in [-0.4, -0.2) is 12.6 Å². The summed E-state index contributed by atoms with van der Waals surface area (Å²) in [5.74, 6) is 1.45. The van der Waals surface area contributed by atoms with Gasteiger partial charge in [0.2, 0.25) is 0 Å². The van der Waals surface area contributed by atoms with E-state index in [-0.39, 0.29) is 0 Å². The van der Waals surface area contributed by atoms with E-state index in [0.29, 0.717) is 12.0 Å². The number of hydrogen-bond donors (Lipinski definition) is 0. The van der Waals surface area contributed by atoms with Crippen molar-refractivity contribution in [1.82, 2.24) is 0 Å². The molecule has 0 fully saturated rings. The van der Waals surface area contributed by atoms with Crippen molar-refractivity contribution in [3.8, 4) is 0 Å². The number of rotatable bonds is 2. The standard InChI is InChI=1S/C8H16N2/c1-4-8-7(6(2)3)5-9-10-8/h6-8H,4-5H2,1-3H3. The summed E-state index contributed by atoms with van der Waals surface area (Å²) in [7, 11) is 0. The van der Waals surface area contributed by atoms with E-state index in [1.807, 2.05) is 0 Å². The lowest BCUT2D eigenvalue weighted by Gasteiger charge is -2.17. The zero-order valence-corrected chi connectivity index (χ0v) is 7.04. The second-order valence-corrected chi connectivity index (χ2v) is 3.32. The van der Waals surface area contributed by atoms with Crippen LogP contribution >= 0.6 is 0 Å². The Morgan fingerprint density at radius 3 is 2.60 bits per heavy atom. The summed E-state index contributed by atoms with van der Waals surface area (Å²) < 4.78 is 0. The first-order valence-corrected chi connectivity index (χ1v) is 4.12. The molecule has 0 N–H and O–H groups in total. The summed E-state index contributed by atoms with van der Waals surface area (Å²) in [4.78, 5) is 0. The lowest BCUT2D eigenvalue weighted by atomic mass is 9.89. The molecule has 0 amide bonds. The third kappa shape index (κ3) is 1.36. The summed E-state index contributed by atoms with van der Waals surface area (Å²) in [6.07, 6.45) is 1.15. The molecule has 0 aromatic rings. The smallest absolute Gasteiger partial charge is 0.0754 e. The van der Waals surface area contributed by atoms with E-state index in [0.717, 1.165) is 18.9 Å². The minimum absolute atomic E-state index is 0.514. The maximum atomic E-state index is 4.18. The molecule has 58 valence electrons. The van der Waals surface area contributed by atoms with E-state index in [4.69, 9.17) is 0 Å². The Labute approximate surface area is 62.7 Å². The molecule has 10 heavy (non-hydrogen) atoms. The van der Waals surface area contributed by atoms with Crippen molar-refractivity contribution in [2.75, 3.05) is 6.54 Å². The molecule has 0 saturated carbocycles. The third-order valence-corrected chi connectivity index (χ3v) is 2.29.